The Labute approximate surface area is 133 Å². The van der Waals surface area contributed by atoms with Gasteiger partial charge in [0.1, 0.15) is 28.5 Å². The molecule has 0 aliphatic heterocycles. The van der Waals surface area contributed by atoms with Crippen LogP contribution in [0, 0.1) is 13.8 Å². The van der Waals surface area contributed by atoms with E-state index < -0.39 is 5.60 Å². The predicted molar refractivity (Wildman–Crippen MR) is 86.3 cm³/mol. The van der Waals surface area contributed by atoms with E-state index in [0.29, 0.717) is 28.4 Å². The number of fused-ring (bicyclic) bond motifs is 1. The summed E-state index contributed by atoms with van der Waals surface area (Å²) in [6.45, 7) is 5.17. The molecule has 2 N–H and O–H groups in total. The molecule has 0 aliphatic carbocycles. The number of hydrogen-bond donors (Lipinski definition) is 2. The minimum absolute atomic E-state index is 0.0370. The molecule has 1 amide bonds. The zero-order chi connectivity index (χ0) is 16.6. The fourth-order valence-electron chi connectivity index (χ4n) is 2.54. The van der Waals surface area contributed by atoms with Crippen LogP contribution in [-0.2, 0) is 5.60 Å². The third kappa shape index (κ3) is 3.00. The summed E-state index contributed by atoms with van der Waals surface area (Å²) in [5.74, 6) is 1.37. The molecule has 0 radical (unpaired) electrons. The highest BCUT2D eigenvalue weighted by Gasteiger charge is 2.28. The lowest BCUT2D eigenvalue weighted by molar-refractivity contribution is 0.0344. The summed E-state index contributed by atoms with van der Waals surface area (Å²) in [7, 11) is 0. The summed E-state index contributed by atoms with van der Waals surface area (Å²) in [4.78, 5) is 12.2. The maximum absolute atomic E-state index is 12.2. The minimum Gasteiger partial charge on any atom is -0.466 e. The Morgan fingerprint density at radius 1 is 1.22 bits per heavy atom. The van der Waals surface area contributed by atoms with Crippen LogP contribution >= 0.6 is 0 Å². The van der Waals surface area contributed by atoms with Gasteiger partial charge in [-0.05, 0) is 39.0 Å². The van der Waals surface area contributed by atoms with Gasteiger partial charge in [-0.3, -0.25) is 4.79 Å². The topological polar surface area (TPSA) is 75.6 Å². The molecule has 5 heteroatoms. The molecule has 0 saturated heterocycles. The molecule has 2 aromatic heterocycles. The molecular formula is C18H19NO4. The van der Waals surface area contributed by atoms with Crippen LogP contribution in [0.3, 0.4) is 0 Å². The van der Waals surface area contributed by atoms with Gasteiger partial charge in [0.15, 0.2) is 0 Å². The van der Waals surface area contributed by atoms with Crippen molar-refractivity contribution in [3.8, 4) is 0 Å². The van der Waals surface area contributed by atoms with E-state index in [-0.39, 0.29) is 12.5 Å². The summed E-state index contributed by atoms with van der Waals surface area (Å²) >= 11 is 0. The molecule has 2 heterocycles. The number of para-hydroxylation sites is 1. The van der Waals surface area contributed by atoms with Crippen molar-refractivity contribution in [3.63, 3.8) is 0 Å². The van der Waals surface area contributed by atoms with Crippen LogP contribution in [0.4, 0.5) is 0 Å². The maximum atomic E-state index is 12.2. The number of furan rings is 2. The van der Waals surface area contributed by atoms with Crippen LogP contribution in [0.15, 0.2) is 45.2 Å². The molecule has 0 bridgehead atoms. The Bertz CT molecular complexity index is 824. The average Bonchev–Trinajstić information content (AvgIpc) is 3.08. The third-order valence-corrected chi connectivity index (χ3v) is 3.84. The van der Waals surface area contributed by atoms with Crippen LogP contribution in [0.25, 0.3) is 11.0 Å². The van der Waals surface area contributed by atoms with E-state index in [4.69, 9.17) is 8.83 Å². The monoisotopic (exact) mass is 313 g/mol. The van der Waals surface area contributed by atoms with E-state index in [1.807, 2.05) is 24.3 Å². The second kappa shape index (κ2) is 5.59. The van der Waals surface area contributed by atoms with E-state index in [1.165, 1.54) is 0 Å². The van der Waals surface area contributed by atoms with Gasteiger partial charge in [-0.2, -0.15) is 0 Å². The zero-order valence-corrected chi connectivity index (χ0v) is 13.3. The van der Waals surface area contributed by atoms with Crippen molar-refractivity contribution < 1.29 is 18.7 Å². The van der Waals surface area contributed by atoms with Gasteiger partial charge in [-0.1, -0.05) is 18.2 Å². The molecule has 1 aromatic carbocycles. The van der Waals surface area contributed by atoms with Gasteiger partial charge >= 0.3 is 0 Å². The number of benzene rings is 1. The summed E-state index contributed by atoms with van der Waals surface area (Å²) in [6.07, 6.45) is 0. The maximum Gasteiger partial charge on any atom is 0.254 e. The number of hydrogen-bond acceptors (Lipinski definition) is 4. The fourth-order valence-corrected chi connectivity index (χ4v) is 2.54. The van der Waals surface area contributed by atoms with E-state index in [9.17, 15) is 9.90 Å². The van der Waals surface area contributed by atoms with Crippen LogP contribution in [0.2, 0.25) is 0 Å². The highest BCUT2D eigenvalue weighted by molar-refractivity contribution is 5.95. The van der Waals surface area contributed by atoms with Gasteiger partial charge in [-0.25, -0.2) is 0 Å². The number of carbonyl (C=O) groups is 1. The largest absolute Gasteiger partial charge is 0.466 e. The number of aliphatic hydroxyl groups is 1. The van der Waals surface area contributed by atoms with Crippen molar-refractivity contribution in [3.05, 3.63) is 59.2 Å². The molecule has 0 fully saturated rings. The first kappa shape index (κ1) is 15.4. The first-order valence-electron chi connectivity index (χ1n) is 7.43. The van der Waals surface area contributed by atoms with Gasteiger partial charge in [0, 0.05) is 5.39 Å². The van der Waals surface area contributed by atoms with E-state index in [2.05, 4.69) is 5.32 Å². The lowest BCUT2D eigenvalue weighted by Crippen LogP contribution is -2.38. The van der Waals surface area contributed by atoms with Gasteiger partial charge < -0.3 is 19.3 Å². The summed E-state index contributed by atoms with van der Waals surface area (Å²) < 4.78 is 11.0. The van der Waals surface area contributed by atoms with Gasteiger partial charge in [0.25, 0.3) is 5.91 Å². The summed E-state index contributed by atoms with van der Waals surface area (Å²) in [6, 6.07) is 11.0. The normalized spacial score (nSPS) is 13.9. The second-order valence-corrected chi connectivity index (χ2v) is 5.93. The Balaban J connectivity index is 1.75. The Hall–Kier alpha value is -2.53. The van der Waals surface area contributed by atoms with Gasteiger partial charge in [0.2, 0.25) is 0 Å². The van der Waals surface area contributed by atoms with Crippen LogP contribution in [0.1, 0.15) is 34.6 Å². The van der Waals surface area contributed by atoms with Crippen molar-refractivity contribution in [1.29, 1.82) is 0 Å². The predicted octanol–water partition coefficient (Wildman–Crippen LogP) is 3.28. The molecule has 0 saturated carbocycles. The number of carbonyl (C=O) groups excluding carboxylic acids is 1. The first-order chi connectivity index (χ1) is 10.9. The Morgan fingerprint density at radius 3 is 2.61 bits per heavy atom. The van der Waals surface area contributed by atoms with E-state index in [0.717, 1.165) is 5.39 Å². The van der Waals surface area contributed by atoms with Crippen molar-refractivity contribution in [2.24, 2.45) is 0 Å². The number of rotatable bonds is 4. The van der Waals surface area contributed by atoms with Crippen molar-refractivity contribution >= 4 is 16.9 Å². The molecule has 0 aliphatic rings. The lowest BCUT2D eigenvalue weighted by atomic mass is 10.0. The highest BCUT2D eigenvalue weighted by Crippen LogP contribution is 2.27. The number of aryl methyl sites for hydroxylation is 2. The van der Waals surface area contributed by atoms with E-state index >= 15 is 0 Å². The summed E-state index contributed by atoms with van der Waals surface area (Å²) in [5, 5.41) is 14.3. The first-order valence-corrected chi connectivity index (χ1v) is 7.43. The number of nitrogens with one attached hydrogen (secondary N) is 1. The van der Waals surface area contributed by atoms with Crippen molar-refractivity contribution in [1.82, 2.24) is 5.32 Å². The third-order valence-electron chi connectivity index (χ3n) is 3.84. The lowest BCUT2D eigenvalue weighted by Gasteiger charge is -2.21. The van der Waals surface area contributed by atoms with Crippen LogP contribution in [0.5, 0.6) is 0 Å². The van der Waals surface area contributed by atoms with E-state index in [1.54, 1.807) is 32.9 Å². The average molecular weight is 313 g/mol. The molecule has 1 unspecified atom stereocenters. The zero-order valence-electron chi connectivity index (χ0n) is 13.3. The van der Waals surface area contributed by atoms with Crippen molar-refractivity contribution in [2.75, 3.05) is 6.54 Å². The molecule has 3 rings (SSSR count). The number of amides is 1. The Kier molecular flexibility index (Phi) is 3.74. The quantitative estimate of drug-likeness (QED) is 0.775. The molecule has 5 nitrogen and oxygen atoms in total. The highest BCUT2D eigenvalue weighted by atomic mass is 16.4. The molecule has 3 aromatic rings. The standard InChI is InChI=1S/C18H19NO4/c1-11-8-14(12(2)22-11)17(20)19-10-18(3,21)16-9-13-6-4-5-7-15(13)23-16/h4-9,21H,10H2,1-3H3,(H,19,20). The summed E-state index contributed by atoms with van der Waals surface area (Å²) in [5.41, 5.74) is -0.125. The van der Waals surface area contributed by atoms with Crippen molar-refractivity contribution in [2.45, 2.75) is 26.4 Å². The smallest absolute Gasteiger partial charge is 0.254 e. The molecular weight excluding hydrogens is 294 g/mol. The second-order valence-electron chi connectivity index (χ2n) is 5.93. The van der Waals surface area contributed by atoms with Gasteiger partial charge in [-0.15, -0.1) is 0 Å². The Morgan fingerprint density at radius 2 is 1.96 bits per heavy atom. The van der Waals surface area contributed by atoms with Crippen LogP contribution < -0.4 is 5.32 Å². The fraction of sp³-hybridized carbons (Fsp3) is 0.278. The minimum atomic E-state index is -1.30. The molecule has 0 spiro atoms. The van der Waals surface area contributed by atoms with Crippen LogP contribution in [-0.4, -0.2) is 17.6 Å². The SMILES string of the molecule is Cc1cc(C(=O)NCC(C)(O)c2cc3ccccc3o2)c(C)o1. The van der Waals surface area contributed by atoms with Gasteiger partial charge in [0.05, 0.1) is 12.1 Å². The molecule has 1 atom stereocenters. The molecule has 23 heavy (non-hydrogen) atoms. The molecule has 120 valence electrons.